The third kappa shape index (κ3) is 3.45. The predicted molar refractivity (Wildman–Crippen MR) is 115 cm³/mol. The highest BCUT2D eigenvalue weighted by atomic mass is 16.5. The van der Waals surface area contributed by atoms with E-state index in [1.807, 2.05) is 37.5 Å². The topological polar surface area (TPSA) is 113 Å². The van der Waals surface area contributed by atoms with Gasteiger partial charge in [0, 0.05) is 29.6 Å². The third-order valence-electron chi connectivity index (χ3n) is 6.00. The Kier molecular flexibility index (Phi) is 4.52. The van der Waals surface area contributed by atoms with E-state index in [0.29, 0.717) is 23.2 Å². The number of imidazole rings is 1. The molecule has 0 saturated heterocycles. The molecular formula is C22H23N7O2. The van der Waals surface area contributed by atoms with Crippen molar-refractivity contribution in [1.29, 1.82) is 5.26 Å². The highest BCUT2D eigenvalue weighted by Gasteiger charge is 2.29. The summed E-state index contributed by atoms with van der Waals surface area (Å²) in [4.78, 5) is 8.84. The fraction of sp³-hybridized carbons (Fsp3) is 0.364. The minimum absolute atomic E-state index is 0.213. The number of ether oxygens (including phenoxy) is 1. The lowest BCUT2D eigenvalue weighted by molar-refractivity contribution is 0.0195. The largest absolute Gasteiger partial charge is 0.479 e. The maximum atomic E-state index is 10.2. The van der Waals surface area contributed by atoms with Crippen molar-refractivity contribution in [3.8, 4) is 23.1 Å². The first-order valence-electron chi connectivity index (χ1n) is 10.3. The summed E-state index contributed by atoms with van der Waals surface area (Å²) >= 11 is 0. The number of pyridine rings is 1. The van der Waals surface area contributed by atoms with Gasteiger partial charge in [0.2, 0.25) is 11.8 Å². The van der Waals surface area contributed by atoms with Crippen molar-refractivity contribution >= 4 is 17.1 Å². The lowest BCUT2D eigenvalue weighted by atomic mass is 9.84. The minimum atomic E-state index is -0.586. The lowest BCUT2D eigenvalue weighted by Gasteiger charge is -2.33. The number of aliphatic hydroxyl groups is 1. The van der Waals surface area contributed by atoms with E-state index in [0.717, 1.165) is 42.3 Å². The zero-order chi connectivity index (χ0) is 21.6. The molecule has 0 bridgehead atoms. The molecular weight excluding hydrogens is 394 g/mol. The van der Waals surface area contributed by atoms with Crippen LogP contribution in [0.3, 0.4) is 0 Å². The predicted octanol–water partition coefficient (Wildman–Crippen LogP) is 3.03. The fourth-order valence-corrected chi connectivity index (χ4v) is 4.22. The Labute approximate surface area is 178 Å². The van der Waals surface area contributed by atoms with Crippen LogP contribution in [0.5, 0.6) is 5.88 Å². The Balaban J connectivity index is 1.51. The molecule has 0 aliphatic heterocycles. The number of nitriles is 1. The highest BCUT2D eigenvalue weighted by molar-refractivity contribution is 5.84. The molecule has 9 nitrogen and oxygen atoms in total. The van der Waals surface area contributed by atoms with Gasteiger partial charge in [-0.25, -0.2) is 9.50 Å². The summed E-state index contributed by atoms with van der Waals surface area (Å²) in [6, 6.07) is 8.16. The number of methoxy groups -OCH3 is 1. The van der Waals surface area contributed by atoms with Gasteiger partial charge in [-0.05, 0) is 50.8 Å². The first-order valence-corrected chi connectivity index (χ1v) is 10.3. The van der Waals surface area contributed by atoms with E-state index < -0.39 is 5.60 Å². The maximum Gasteiger partial charge on any atom is 0.244 e. The molecule has 1 saturated carbocycles. The van der Waals surface area contributed by atoms with Crippen LogP contribution in [0.25, 0.3) is 22.3 Å². The van der Waals surface area contributed by atoms with Gasteiger partial charge in [-0.1, -0.05) is 0 Å². The van der Waals surface area contributed by atoms with E-state index in [1.54, 1.807) is 22.2 Å². The summed E-state index contributed by atoms with van der Waals surface area (Å²) in [7, 11) is 1.59. The molecule has 1 aliphatic carbocycles. The smallest absolute Gasteiger partial charge is 0.244 e. The number of hydrogen-bond donors (Lipinski definition) is 2. The van der Waals surface area contributed by atoms with Crippen molar-refractivity contribution in [3.63, 3.8) is 0 Å². The molecule has 9 heteroatoms. The van der Waals surface area contributed by atoms with Crippen LogP contribution in [-0.2, 0) is 0 Å². The molecule has 4 aromatic heterocycles. The van der Waals surface area contributed by atoms with Crippen LogP contribution in [0.15, 0.2) is 36.8 Å². The van der Waals surface area contributed by atoms with Gasteiger partial charge >= 0.3 is 0 Å². The molecule has 0 radical (unpaired) electrons. The Bertz CT molecular complexity index is 1300. The molecule has 31 heavy (non-hydrogen) atoms. The first-order chi connectivity index (χ1) is 15.0. The average molecular weight is 417 g/mol. The van der Waals surface area contributed by atoms with Gasteiger partial charge in [0.05, 0.1) is 18.9 Å². The molecule has 5 rings (SSSR count). The zero-order valence-electron chi connectivity index (χ0n) is 17.4. The van der Waals surface area contributed by atoms with Crippen molar-refractivity contribution in [3.05, 3.63) is 42.5 Å². The van der Waals surface area contributed by atoms with E-state index in [-0.39, 0.29) is 6.04 Å². The average Bonchev–Trinajstić information content (AvgIpc) is 3.38. The number of hydrogen-bond acceptors (Lipinski definition) is 7. The third-order valence-corrected chi connectivity index (χ3v) is 6.00. The number of nitrogens with zero attached hydrogens (tertiary/aromatic N) is 6. The molecule has 0 amide bonds. The quantitative estimate of drug-likeness (QED) is 0.525. The standard InChI is InChI=1S/C22H23N7O2/c1-22(30)8-5-15(6-9-22)25-21-26-20(31-2)19-17(7-10-29(19)27-21)14-3-4-18-24-12-16(11-23)28(18)13-14/h3-4,7,10,12-13,15,30H,5-6,8-9H2,1-2H3,(H,25,27)/t15-,22-. The van der Waals surface area contributed by atoms with Gasteiger partial charge in [-0.15, -0.1) is 5.10 Å². The van der Waals surface area contributed by atoms with Gasteiger partial charge in [-0.2, -0.15) is 10.2 Å². The van der Waals surface area contributed by atoms with E-state index in [9.17, 15) is 10.4 Å². The van der Waals surface area contributed by atoms with Crippen molar-refractivity contribution in [2.45, 2.75) is 44.2 Å². The number of fused-ring (bicyclic) bond motifs is 2. The van der Waals surface area contributed by atoms with E-state index in [1.165, 1.54) is 0 Å². The van der Waals surface area contributed by atoms with Crippen molar-refractivity contribution < 1.29 is 9.84 Å². The van der Waals surface area contributed by atoms with Gasteiger partial charge in [0.1, 0.15) is 22.9 Å². The summed E-state index contributed by atoms with van der Waals surface area (Å²) < 4.78 is 9.12. The number of aromatic nitrogens is 5. The Morgan fingerprint density at radius 2 is 2.10 bits per heavy atom. The van der Waals surface area contributed by atoms with Gasteiger partial charge in [0.25, 0.3) is 0 Å². The summed E-state index contributed by atoms with van der Waals surface area (Å²) in [5.74, 6) is 0.960. The van der Waals surface area contributed by atoms with Crippen molar-refractivity contribution in [1.82, 2.24) is 24.0 Å². The SMILES string of the molecule is COc1nc(N[C@H]2CC[C@](C)(O)CC2)nn2ccc(-c3ccc4ncc(C#N)n4c3)c12. The molecule has 4 heterocycles. The lowest BCUT2D eigenvalue weighted by Crippen LogP contribution is -2.36. The molecule has 0 atom stereocenters. The van der Waals surface area contributed by atoms with Crippen LogP contribution in [0.4, 0.5) is 5.95 Å². The Morgan fingerprint density at radius 1 is 1.29 bits per heavy atom. The van der Waals surface area contributed by atoms with Gasteiger partial charge in [-0.3, -0.25) is 4.40 Å². The van der Waals surface area contributed by atoms with Crippen LogP contribution in [0.1, 0.15) is 38.3 Å². The number of nitrogens with one attached hydrogen (secondary N) is 1. The van der Waals surface area contributed by atoms with E-state index in [4.69, 9.17) is 4.74 Å². The molecule has 0 aromatic carbocycles. The Hall–Kier alpha value is -3.64. The van der Waals surface area contributed by atoms with Crippen molar-refractivity contribution in [2.24, 2.45) is 0 Å². The summed E-state index contributed by atoms with van der Waals surface area (Å²) in [5, 5.41) is 27.5. The number of anilines is 1. The number of rotatable bonds is 4. The summed E-state index contributed by atoms with van der Waals surface area (Å²) in [6.07, 6.45) is 8.53. The molecule has 2 N–H and O–H groups in total. The van der Waals surface area contributed by atoms with E-state index in [2.05, 4.69) is 26.5 Å². The monoisotopic (exact) mass is 417 g/mol. The molecule has 1 fully saturated rings. The zero-order valence-corrected chi connectivity index (χ0v) is 17.4. The van der Waals surface area contributed by atoms with Crippen LogP contribution in [0, 0.1) is 11.3 Å². The molecule has 0 spiro atoms. The first kappa shape index (κ1) is 19.3. The maximum absolute atomic E-state index is 10.2. The van der Waals surface area contributed by atoms with Gasteiger partial charge in [0.15, 0.2) is 0 Å². The molecule has 4 aromatic rings. The second kappa shape index (κ2) is 7.25. The second-order valence-electron chi connectivity index (χ2n) is 8.28. The fourth-order valence-electron chi connectivity index (χ4n) is 4.22. The summed E-state index contributed by atoms with van der Waals surface area (Å²) in [6.45, 7) is 1.89. The minimum Gasteiger partial charge on any atom is -0.479 e. The van der Waals surface area contributed by atoms with Crippen LogP contribution in [-0.4, -0.2) is 47.8 Å². The molecule has 0 unspecified atom stereocenters. The van der Waals surface area contributed by atoms with Crippen molar-refractivity contribution in [2.75, 3.05) is 12.4 Å². The highest BCUT2D eigenvalue weighted by Crippen LogP contribution is 2.33. The Morgan fingerprint density at radius 3 is 2.84 bits per heavy atom. The van der Waals surface area contributed by atoms with Crippen LogP contribution >= 0.6 is 0 Å². The van der Waals surface area contributed by atoms with Crippen LogP contribution < -0.4 is 10.1 Å². The molecule has 158 valence electrons. The van der Waals surface area contributed by atoms with Crippen LogP contribution in [0.2, 0.25) is 0 Å². The summed E-state index contributed by atoms with van der Waals surface area (Å²) in [5.41, 5.74) is 3.15. The normalized spacial score (nSPS) is 21.3. The van der Waals surface area contributed by atoms with E-state index >= 15 is 0 Å². The molecule has 1 aliphatic rings. The second-order valence-corrected chi connectivity index (χ2v) is 8.28. The van der Waals surface area contributed by atoms with Gasteiger partial charge < -0.3 is 15.2 Å².